The maximum Gasteiger partial charge on any atom is 0.217 e. The van der Waals surface area contributed by atoms with Gasteiger partial charge in [-0.1, -0.05) is 0 Å². The lowest BCUT2D eigenvalue weighted by Crippen LogP contribution is -2.65. The minimum absolute atomic E-state index is 0.0487. The number of carbonyl (C=O) groups excluding carboxylic acids is 2. The van der Waals surface area contributed by atoms with Crippen LogP contribution in [0.5, 0.6) is 0 Å². The van der Waals surface area contributed by atoms with Gasteiger partial charge in [-0.25, -0.2) is 0 Å². The molecule has 0 aromatic rings. The van der Waals surface area contributed by atoms with Crippen LogP contribution in [0, 0.1) is 11.8 Å². The molecule has 14 atom stereocenters. The van der Waals surface area contributed by atoms with Crippen molar-refractivity contribution in [2.24, 2.45) is 11.8 Å². The van der Waals surface area contributed by atoms with E-state index in [1.165, 1.54) is 13.8 Å². The number of hydrogen-bond acceptors (Lipinski definition) is 15. The Morgan fingerprint density at radius 2 is 1.21 bits per heavy atom. The molecule has 0 saturated carbocycles. The summed E-state index contributed by atoms with van der Waals surface area (Å²) >= 11 is 0. The van der Waals surface area contributed by atoms with E-state index in [9.17, 15) is 50.4 Å². The lowest BCUT2D eigenvalue weighted by atomic mass is 9.88. The van der Waals surface area contributed by atoms with Crippen LogP contribution in [0.25, 0.3) is 0 Å². The normalized spacial score (nSPS) is 41.9. The number of amides is 2. The van der Waals surface area contributed by atoms with Gasteiger partial charge in [0.1, 0.15) is 30.5 Å². The fraction of sp³-hybridized carbons (Fsp3) is 0.923. The highest BCUT2D eigenvalue weighted by Crippen LogP contribution is 2.29. The van der Waals surface area contributed by atoms with Gasteiger partial charge in [-0.15, -0.1) is 0 Å². The van der Waals surface area contributed by atoms with Crippen LogP contribution in [0.15, 0.2) is 0 Å². The quantitative estimate of drug-likeness (QED) is 0.0913. The molecule has 14 unspecified atom stereocenters. The zero-order valence-electron chi connectivity index (χ0n) is 24.2. The largest absolute Gasteiger partial charge is 0.394 e. The zero-order chi connectivity index (χ0) is 31.8. The first-order valence-corrected chi connectivity index (χ1v) is 14.3. The average Bonchev–Trinajstić information content (AvgIpc) is 2.95. The van der Waals surface area contributed by atoms with Crippen molar-refractivity contribution in [2.75, 3.05) is 46.2 Å². The van der Waals surface area contributed by atoms with E-state index >= 15 is 0 Å². The number of aliphatic hydroxyl groups is 8. The zero-order valence-corrected chi connectivity index (χ0v) is 24.2. The molecule has 3 aliphatic heterocycles. The first-order chi connectivity index (χ1) is 20.4. The third-order valence-electron chi connectivity index (χ3n) is 8.08. The Kier molecular flexibility index (Phi) is 13.9. The van der Waals surface area contributed by atoms with Gasteiger partial charge in [0, 0.05) is 32.1 Å². The smallest absolute Gasteiger partial charge is 0.217 e. The molecule has 0 radical (unpaired) electrons. The number of rotatable bonds is 13. The lowest BCUT2D eigenvalue weighted by Gasteiger charge is -2.43. The molecule has 43 heavy (non-hydrogen) atoms. The summed E-state index contributed by atoms with van der Waals surface area (Å²) in [4.78, 5) is 23.1. The van der Waals surface area contributed by atoms with Gasteiger partial charge < -0.3 is 75.2 Å². The first-order valence-electron chi connectivity index (χ1n) is 14.3. The van der Waals surface area contributed by atoms with E-state index in [1.807, 2.05) is 0 Å². The second kappa shape index (κ2) is 16.6. The molecular weight excluding hydrogens is 580 g/mol. The van der Waals surface area contributed by atoms with Crippen molar-refractivity contribution < 1.29 is 74.1 Å². The molecule has 250 valence electrons. The predicted octanol–water partition coefficient (Wildman–Crippen LogP) is -5.68. The summed E-state index contributed by atoms with van der Waals surface area (Å²) < 4.78 is 28.3. The Bertz CT molecular complexity index is 885. The van der Waals surface area contributed by atoms with E-state index in [4.69, 9.17) is 23.7 Å². The van der Waals surface area contributed by atoms with Crippen LogP contribution < -0.4 is 10.6 Å². The Balaban J connectivity index is 1.52. The fourth-order valence-corrected chi connectivity index (χ4v) is 5.80. The molecule has 17 nitrogen and oxygen atoms in total. The minimum Gasteiger partial charge on any atom is -0.394 e. The second-order valence-electron chi connectivity index (χ2n) is 11.3. The minimum atomic E-state index is -1.53. The van der Waals surface area contributed by atoms with Crippen molar-refractivity contribution in [2.45, 2.75) is 93.6 Å². The Labute approximate surface area is 248 Å². The molecule has 0 aliphatic carbocycles. The van der Waals surface area contributed by atoms with Crippen LogP contribution in [0.2, 0.25) is 0 Å². The van der Waals surface area contributed by atoms with Gasteiger partial charge in [-0.05, 0) is 0 Å². The van der Waals surface area contributed by atoms with Crippen LogP contribution in [0.4, 0.5) is 0 Å². The van der Waals surface area contributed by atoms with Crippen molar-refractivity contribution in [1.29, 1.82) is 0 Å². The van der Waals surface area contributed by atoms with Gasteiger partial charge in [0.05, 0.1) is 82.8 Å². The summed E-state index contributed by atoms with van der Waals surface area (Å²) in [5.74, 6) is -2.43. The van der Waals surface area contributed by atoms with Crippen LogP contribution >= 0.6 is 0 Å². The van der Waals surface area contributed by atoms with Crippen LogP contribution in [0.3, 0.4) is 0 Å². The summed E-state index contributed by atoms with van der Waals surface area (Å²) in [7, 11) is 0. The van der Waals surface area contributed by atoms with Crippen molar-refractivity contribution in [3.63, 3.8) is 0 Å². The topological polar surface area (TPSA) is 266 Å². The van der Waals surface area contributed by atoms with Gasteiger partial charge in [-0.3, -0.25) is 9.59 Å². The van der Waals surface area contributed by atoms with E-state index in [0.29, 0.717) is 0 Å². The van der Waals surface area contributed by atoms with Crippen molar-refractivity contribution >= 4 is 11.8 Å². The standard InChI is InChI=1S/C26H46N2O15/c1-11(32)27-21-20(42-19(6-31)24(36)25(21)37)10-40-8-14-16(34)3-13(41-17(14)4-29)7-39-9-15-18(5-30)43-26(38)22(23(15)35)28-12(2)33/h13-26,29-31,34-38H,3-10H2,1-2H3,(H,27,32)(H,28,33). The molecular formula is C26H46N2O15. The Morgan fingerprint density at radius 3 is 1.81 bits per heavy atom. The monoisotopic (exact) mass is 626 g/mol. The number of ether oxygens (including phenoxy) is 5. The predicted molar refractivity (Wildman–Crippen MR) is 142 cm³/mol. The third kappa shape index (κ3) is 9.23. The Hall–Kier alpha value is -1.58. The van der Waals surface area contributed by atoms with Crippen molar-refractivity contribution in [3.05, 3.63) is 0 Å². The number of hydrogen-bond donors (Lipinski definition) is 10. The highest BCUT2D eigenvalue weighted by molar-refractivity contribution is 5.73. The number of carbonyl (C=O) groups is 2. The summed E-state index contributed by atoms with van der Waals surface area (Å²) in [5.41, 5.74) is 0. The summed E-state index contributed by atoms with van der Waals surface area (Å²) in [6.07, 6.45) is -11.0. The van der Waals surface area contributed by atoms with E-state index < -0.39 is 117 Å². The SMILES string of the molecule is CC(=O)NC1C(O)OC(CO)C(COCC2CC(O)C(COCC3OC(CO)C(O)C(O)C3NC(C)=O)C(CO)O2)C1O. The molecule has 17 heteroatoms. The number of aliphatic hydroxyl groups excluding tert-OH is 8. The molecule has 3 aliphatic rings. The molecule has 0 aromatic carbocycles. The molecule has 10 N–H and O–H groups in total. The van der Waals surface area contributed by atoms with Crippen LogP contribution in [0.1, 0.15) is 20.3 Å². The fourth-order valence-electron chi connectivity index (χ4n) is 5.80. The van der Waals surface area contributed by atoms with Gasteiger partial charge in [0.15, 0.2) is 6.29 Å². The van der Waals surface area contributed by atoms with E-state index in [1.54, 1.807) is 0 Å². The maximum absolute atomic E-state index is 11.6. The summed E-state index contributed by atoms with van der Waals surface area (Å²) in [5, 5.41) is 86.2. The molecule has 0 bridgehead atoms. The van der Waals surface area contributed by atoms with E-state index in [2.05, 4.69) is 10.6 Å². The molecule has 0 aromatic heterocycles. The molecule has 3 fully saturated rings. The average molecular weight is 627 g/mol. The van der Waals surface area contributed by atoms with Crippen LogP contribution in [-0.2, 0) is 33.3 Å². The van der Waals surface area contributed by atoms with Gasteiger partial charge in [-0.2, -0.15) is 0 Å². The highest BCUT2D eigenvalue weighted by Gasteiger charge is 2.46. The van der Waals surface area contributed by atoms with Gasteiger partial charge >= 0.3 is 0 Å². The molecule has 0 spiro atoms. The summed E-state index contributed by atoms with van der Waals surface area (Å²) in [6.45, 7) is 0.472. The van der Waals surface area contributed by atoms with E-state index in [0.717, 1.165) is 0 Å². The van der Waals surface area contributed by atoms with Crippen molar-refractivity contribution in [1.82, 2.24) is 10.6 Å². The molecule has 3 heterocycles. The van der Waals surface area contributed by atoms with Crippen LogP contribution in [-0.4, -0.2) is 172 Å². The third-order valence-corrected chi connectivity index (χ3v) is 8.08. The lowest BCUT2D eigenvalue weighted by molar-refractivity contribution is -0.247. The maximum atomic E-state index is 11.6. The Morgan fingerprint density at radius 1 is 0.651 bits per heavy atom. The van der Waals surface area contributed by atoms with Gasteiger partial charge in [0.2, 0.25) is 11.8 Å². The second-order valence-corrected chi connectivity index (χ2v) is 11.3. The number of nitrogens with one attached hydrogen (secondary N) is 2. The molecule has 3 rings (SSSR count). The van der Waals surface area contributed by atoms with Gasteiger partial charge in [0.25, 0.3) is 0 Å². The molecule has 2 amide bonds. The van der Waals surface area contributed by atoms with Crippen molar-refractivity contribution in [3.8, 4) is 0 Å². The first kappa shape index (κ1) is 35.9. The highest BCUT2D eigenvalue weighted by atomic mass is 16.6. The van der Waals surface area contributed by atoms with E-state index in [-0.39, 0.29) is 32.8 Å². The molecule has 3 saturated heterocycles. The summed E-state index contributed by atoms with van der Waals surface area (Å²) in [6, 6.07) is -2.15.